The number of hydrogen-bond acceptors (Lipinski definition) is 2. The van der Waals surface area contributed by atoms with Crippen molar-refractivity contribution in [3.05, 3.63) is 0 Å². The van der Waals surface area contributed by atoms with Crippen molar-refractivity contribution in [2.75, 3.05) is 6.67 Å². The highest BCUT2D eigenvalue weighted by atomic mass is 19.1. The summed E-state index contributed by atoms with van der Waals surface area (Å²) in [7, 11) is 0. The van der Waals surface area contributed by atoms with Crippen molar-refractivity contribution in [1.82, 2.24) is 0 Å². The van der Waals surface area contributed by atoms with E-state index in [0.717, 1.165) is 0 Å². The standard InChI is InChI=1S/C7H13FO2/c8-4-5-1-2-6(9)7(10)3-5/h5-7,9-10H,1-4H2/t5-,6+,7-/m0/s1. The average molecular weight is 148 g/mol. The molecule has 1 fully saturated rings. The zero-order chi connectivity index (χ0) is 7.56. The van der Waals surface area contributed by atoms with E-state index >= 15 is 0 Å². The molecule has 3 atom stereocenters. The maximum atomic E-state index is 12.0. The van der Waals surface area contributed by atoms with Gasteiger partial charge in [0.25, 0.3) is 0 Å². The minimum atomic E-state index is -0.700. The van der Waals surface area contributed by atoms with Gasteiger partial charge in [0.15, 0.2) is 0 Å². The van der Waals surface area contributed by atoms with Crippen molar-refractivity contribution < 1.29 is 14.6 Å². The van der Waals surface area contributed by atoms with Crippen LogP contribution in [0.5, 0.6) is 0 Å². The Morgan fingerprint density at radius 3 is 2.40 bits per heavy atom. The van der Waals surface area contributed by atoms with E-state index in [1.807, 2.05) is 0 Å². The first kappa shape index (κ1) is 7.95. The highest BCUT2D eigenvalue weighted by Crippen LogP contribution is 2.24. The molecular formula is C7H13FO2. The number of hydrogen-bond donors (Lipinski definition) is 2. The van der Waals surface area contributed by atoms with Crippen molar-refractivity contribution in [2.45, 2.75) is 31.5 Å². The molecule has 0 unspecified atom stereocenters. The fourth-order valence-electron chi connectivity index (χ4n) is 1.36. The third-order valence-corrected chi connectivity index (χ3v) is 2.11. The lowest BCUT2D eigenvalue weighted by Crippen LogP contribution is -2.34. The van der Waals surface area contributed by atoms with Gasteiger partial charge in [-0.05, 0) is 25.2 Å². The quantitative estimate of drug-likeness (QED) is 0.567. The summed E-state index contributed by atoms with van der Waals surface area (Å²) in [5, 5.41) is 18.1. The first-order valence-corrected chi connectivity index (χ1v) is 3.66. The molecule has 2 nitrogen and oxygen atoms in total. The molecule has 0 bridgehead atoms. The summed E-state index contributed by atoms with van der Waals surface area (Å²) >= 11 is 0. The van der Waals surface area contributed by atoms with E-state index in [9.17, 15) is 4.39 Å². The molecule has 0 aromatic heterocycles. The molecule has 0 spiro atoms. The fraction of sp³-hybridized carbons (Fsp3) is 1.00. The van der Waals surface area contributed by atoms with Crippen molar-refractivity contribution in [3.63, 3.8) is 0 Å². The van der Waals surface area contributed by atoms with Gasteiger partial charge in [0.2, 0.25) is 0 Å². The van der Waals surface area contributed by atoms with E-state index in [1.54, 1.807) is 0 Å². The van der Waals surface area contributed by atoms with Gasteiger partial charge >= 0.3 is 0 Å². The van der Waals surface area contributed by atoms with Gasteiger partial charge in [-0.1, -0.05) is 0 Å². The number of alkyl halides is 1. The van der Waals surface area contributed by atoms with Crippen LogP contribution in [0.4, 0.5) is 4.39 Å². The van der Waals surface area contributed by atoms with Crippen molar-refractivity contribution in [2.24, 2.45) is 5.92 Å². The highest BCUT2D eigenvalue weighted by molar-refractivity contribution is 4.78. The molecule has 0 saturated heterocycles. The van der Waals surface area contributed by atoms with Crippen LogP contribution in [-0.4, -0.2) is 29.1 Å². The van der Waals surface area contributed by atoms with Crippen molar-refractivity contribution in [3.8, 4) is 0 Å². The molecule has 0 aliphatic heterocycles. The molecule has 0 aromatic rings. The van der Waals surface area contributed by atoms with Crippen LogP contribution >= 0.6 is 0 Å². The fourth-order valence-corrected chi connectivity index (χ4v) is 1.36. The van der Waals surface area contributed by atoms with Crippen LogP contribution in [0.25, 0.3) is 0 Å². The molecule has 2 N–H and O–H groups in total. The summed E-state index contributed by atoms with van der Waals surface area (Å²) in [5.74, 6) is -0.0293. The first-order chi connectivity index (χ1) is 4.74. The van der Waals surface area contributed by atoms with Gasteiger partial charge in [0.05, 0.1) is 18.9 Å². The van der Waals surface area contributed by atoms with Gasteiger partial charge in [-0.2, -0.15) is 0 Å². The van der Waals surface area contributed by atoms with Gasteiger partial charge in [0, 0.05) is 0 Å². The van der Waals surface area contributed by atoms with E-state index in [4.69, 9.17) is 10.2 Å². The van der Waals surface area contributed by atoms with Gasteiger partial charge in [-0.3, -0.25) is 4.39 Å². The lowest BCUT2D eigenvalue weighted by molar-refractivity contribution is -0.0284. The summed E-state index contributed by atoms with van der Waals surface area (Å²) in [6, 6.07) is 0. The van der Waals surface area contributed by atoms with E-state index in [0.29, 0.717) is 19.3 Å². The predicted molar refractivity (Wildman–Crippen MR) is 35.3 cm³/mol. The molecule has 0 amide bonds. The van der Waals surface area contributed by atoms with Gasteiger partial charge in [-0.25, -0.2) is 0 Å². The Hall–Kier alpha value is -0.150. The SMILES string of the molecule is O[C@@H]1CC[C@H](CF)C[C@@H]1O. The molecule has 0 aromatic carbocycles. The van der Waals surface area contributed by atoms with E-state index in [2.05, 4.69) is 0 Å². The molecule has 3 heteroatoms. The molecule has 1 aliphatic rings. The summed E-state index contributed by atoms with van der Waals surface area (Å²) in [5.41, 5.74) is 0. The minimum absolute atomic E-state index is 0.0293. The van der Waals surface area contributed by atoms with Crippen molar-refractivity contribution >= 4 is 0 Å². The second kappa shape index (κ2) is 3.30. The van der Waals surface area contributed by atoms with Crippen LogP contribution in [0.1, 0.15) is 19.3 Å². The second-order valence-corrected chi connectivity index (χ2v) is 2.97. The Labute approximate surface area is 59.7 Å². The first-order valence-electron chi connectivity index (χ1n) is 3.66. The van der Waals surface area contributed by atoms with Crippen LogP contribution in [0.15, 0.2) is 0 Å². The molecule has 0 heterocycles. The van der Waals surface area contributed by atoms with Gasteiger partial charge < -0.3 is 10.2 Å². The molecule has 1 aliphatic carbocycles. The van der Waals surface area contributed by atoms with Crippen LogP contribution in [0.2, 0.25) is 0 Å². The summed E-state index contributed by atoms with van der Waals surface area (Å²) in [6.45, 7) is -0.371. The Kier molecular flexibility index (Phi) is 2.63. The highest BCUT2D eigenvalue weighted by Gasteiger charge is 2.26. The molecular weight excluding hydrogens is 135 g/mol. The summed E-state index contributed by atoms with van der Waals surface area (Å²) < 4.78 is 12.0. The number of aliphatic hydroxyl groups excluding tert-OH is 2. The Morgan fingerprint density at radius 2 is 1.90 bits per heavy atom. The maximum Gasteiger partial charge on any atom is 0.0923 e. The third kappa shape index (κ3) is 1.67. The lowest BCUT2D eigenvalue weighted by Gasteiger charge is -2.28. The van der Waals surface area contributed by atoms with Crippen LogP contribution in [-0.2, 0) is 0 Å². The Morgan fingerprint density at radius 1 is 1.20 bits per heavy atom. The normalized spacial score (nSPS) is 41.7. The maximum absolute atomic E-state index is 12.0. The zero-order valence-corrected chi connectivity index (χ0v) is 5.83. The van der Waals surface area contributed by atoms with E-state index in [-0.39, 0.29) is 12.6 Å². The smallest absolute Gasteiger partial charge is 0.0923 e. The van der Waals surface area contributed by atoms with Gasteiger partial charge in [-0.15, -0.1) is 0 Å². The van der Waals surface area contributed by atoms with Crippen LogP contribution in [0, 0.1) is 5.92 Å². The minimum Gasteiger partial charge on any atom is -0.390 e. The Bertz CT molecular complexity index is 108. The lowest BCUT2D eigenvalue weighted by atomic mass is 9.86. The monoisotopic (exact) mass is 148 g/mol. The Balaban J connectivity index is 2.33. The molecule has 1 saturated carbocycles. The average Bonchev–Trinajstić information content (AvgIpc) is 1.95. The zero-order valence-electron chi connectivity index (χ0n) is 5.83. The third-order valence-electron chi connectivity index (χ3n) is 2.11. The number of rotatable bonds is 1. The van der Waals surface area contributed by atoms with Crippen LogP contribution < -0.4 is 0 Å². The van der Waals surface area contributed by atoms with Crippen LogP contribution in [0.3, 0.4) is 0 Å². The second-order valence-electron chi connectivity index (χ2n) is 2.97. The molecule has 10 heavy (non-hydrogen) atoms. The largest absolute Gasteiger partial charge is 0.390 e. The van der Waals surface area contributed by atoms with Gasteiger partial charge in [0.1, 0.15) is 0 Å². The summed E-state index contributed by atoms with van der Waals surface area (Å²) in [6.07, 6.45) is 0.333. The topological polar surface area (TPSA) is 40.5 Å². The summed E-state index contributed by atoms with van der Waals surface area (Å²) in [4.78, 5) is 0. The molecule has 1 rings (SSSR count). The van der Waals surface area contributed by atoms with E-state index < -0.39 is 12.2 Å². The van der Waals surface area contributed by atoms with Crippen molar-refractivity contribution in [1.29, 1.82) is 0 Å². The molecule has 0 radical (unpaired) electrons. The predicted octanol–water partition coefficient (Wildman–Crippen LogP) is 0.478. The number of aliphatic hydroxyl groups is 2. The number of halogens is 1. The van der Waals surface area contributed by atoms with E-state index in [1.165, 1.54) is 0 Å². The molecule has 60 valence electrons.